The summed E-state index contributed by atoms with van der Waals surface area (Å²) in [5.41, 5.74) is 4.19. The lowest BCUT2D eigenvalue weighted by Crippen LogP contribution is -2.58. The minimum Gasteiger partial charge on any atom is -0.448 e. The highest BCUT2D eigenvalue weighted by Gasteiger charge is 2.56. The molecule has 0 unspecified atom stereocenters. The SMILES string of the molecule is CC(C)(C)[Si](C)(C)OC[C@H]1O[C@@H](n2ccc(=O)[nH]c2=O)[C@H](O[Si](C)(C)C(C)(C)C)[C@@H]1NC(=NC[C@H]1O[C@@H](n2cnc3c(NC(=O)c4ccccc4)ncnc32)[C@H](O[Si](C)(C)C(C)(C)C)[C@@H]1O[Si](C)(C)C(C)(C)C)NC(=O)OCC1c2ccccc2-c2ccccc21. The number of nitrogens with one attached hydrogen (secondary N) is 4. The highest BCUT2D eigenvalue weighted by Crippen LogP contribution is 2.49. The van der Waals surface area contributed by atoms with E-state index in [9.17, 15) is 19.2 Å². The molecule has 25 heteroatoms. The summed E-state index contributed by atoms with van der Waals surface area (Å²) in [7, 11) is -10.7. The number of alkyl carbamates (subject to hydrolysis) is 1. The van der Waals surface area contributed by atoms with Gasteiger partial charge in [0, 0.05) is 23.7 Å². The van der Waals surface area contributed by atoms with Gasteiger partial charge in [-0.3, -0.25) is 34.0 Å². The van der Waals surface area contributed by atoms with Crippen molar-refractivity contribution in [2.24, 2.45) is 4.99 Å². The largest absolute Gasteiger partial charge is 0.448 e. The van der Waals surface area contributed by atoms with Gasteiger partial charge in [-0.05, 0) is 107 Å². The molecular formula is C66H96N10O11Si4. The van der Waals surface area contributed by atoms with E-state index in [1.165, 1.54) is 23.2 Å². The summed E-state index contributed by atoms with van der Waals surface area (Å²) in [4.78, 5) is 77.0. The Bertz CT molecular complexity index is 3710. The highest BCUT2D eigenvalue weighted by molar-refractivity contribution is 6.75. The lowest BCUT2D eigenvalue weighted by molar-refractivity contribution is -0.0490. The molecule has 0 radical (unpaired) electrons. The zero-order valence-electron chi connectivity index (χ0n) is 56.8. The van der Waals surface area contributed by atoms with Crippen molar-refractivity contribution in [1.29, 1.82) is 0 Å². The van der Waals surface area contributed by atoms with E-state index in [1.807, 2.05) is 34.9 Å². The summed E-state index contributed by atoms with van der Waals surface area (Å²) in [6.45, 7) is 43.3. The topological polar surface area (TPSA) is 246 Å². The van der Waals surface area contributed by atoms with Crippen molar-refractivity contribution in [3.05, 3.63) is 141 Å². The molecule has 91 heavy (non-hydrogen) atoms. The van der Waals surface area contributed by atoms with Crippen LogP contribution in [-0.2, 0) is 31.9 Å². The zero-order valence-corrected chi connectivity index (χ0v) is 60.8. The molecule has 4 N–H and O–H groups in total. The summed E-state index contributed by atoms with van der Waals surface area (Å²) in [5.74, 6) is -0.391. The number of anilines is 1. The van der Waals surface area contributed by atoms with Crippen LogP contribution in [-0.4, -0.2) is 137 Å². The highest BCUT2D eigenvalue weighted by atomic mass is 28.4. The lowest BCUT2D eigenvalue weighted by atomic mass is 9.98. The van der Waals surface area contributed by atoms with E-state index in [-0.39, 0.29) is 63.5 Å². The number of aromatic nitrogens is 6. The number of hydrogen-bond donors (Lipinski definition) is 4. The van der Waals surface area contributed by atoms with Gasteiger partial charge in [0.2, 0.25) is 5.96 Å². The van der Waals surface area contributed by atoms with Crippen LogP contribution in [0.25, 0.3) is 22.3 Å². The molecular weight excluding hydrogens is 1220 g/mol. The van der Waals surface area contributed by atoms with Gasteiger partial charge in [0.25, 0.3) is 11.5 Å². The molecule has 9 rings (SSSR count). The van der Waals surface area contributed by atoms with Gasteiger partial charge in [-0.2, -0.15) is 0 Å². The van der Waals surface area contributed by atoms with E-state index >= 15 is 0 Å². The summed E-state index contributed by atoms with van der Waals surface area (Å²) < 4.78 is 53.4. The summed E-state index contributed by atoms with van der Waals surface area (Å²) >= 11 is 0. The smallest absolute Gasteiger partial charge is 0.413 e. The molecule has 5 heterocycles. The maximum atomic E-state index is 14.9. The van der Waals surface area contributed by atoms with Crippen LogP contribution in [0.1, 0.15) is 123 Å². The number of guanidine groups is 1. The van der Waals surface area contributed by atoms with Gasteiger partial charge in [0.15, 0.2) is 62.7 Å². The first kappa shape index (κ1) is 69.1. The zero-order chi connectivity index (χ0) is 66.6. The molecule has 0 saturated carbocycles. The number of aliphatic imine (C=N–C) groups is 1. The number of aromatic amines is 1. The monoisotopic (exact) mass is 1320 g/mol. The maximum Gasteiger partial charge on any atom is 0.413 e. The van der Waals surface area contributed by atoms with Crippen LogP contribution in [0.2, 0.25) is 72.5 Å². The Morgan fingerprint density at radius 2 is 1.14 bits per heavy atom. The third-order valence-electron chi connectivity index (χ3n) is 20.1. The first-order chi connectivity index (χ1) is 42.3. The Morgan fingerprint density at radius 3 is 1.71 bits per heavy atom. The number of H-pyrrole nitrogens is 1. The Hall–Kier alpha value is -6.27. The second kappa shape index (κ2) is 25.9. The van der Waals surface area contributed by atoms with E-state index in [4.69, 9.17) is 46.9 Å². The Morgan fingerprint density at radius 1 is 0.615 bits per heavy atom. The molecule has 6 aromatic rings. The predicted molar refractivity (Wildman–Crippen MR) is 366 cm³/mol. The first-order valence-corrected chi connectivity index (χ1v) is 43.2. The normalized spacial score (nSPS) is 22.0. The Balaban J connectivity index is 1.17. The first-order valence-electron chi connectivity index (χ1n) is 31.6. The minimum absolute atomic E-state index is 0.000980. The molecule has 21 nitrogen and oxygen atoms in total. The molecule has 3 aromatic heterocycles. The number of rotatable bonds is 18. The maximum absolute atomic E-state index is 14.9. The molecule has 3 aromatic carbocycles. The molecule has 0 spiro atoms. The number of imidazole rings is 1. The quantitative estimate of drug-likeness (QED) is 0.0355. The van der Waals surface area contributed by atoms with Crippen LogP contribution >= 0.6 is 0 Å². The number of amides is 2. The van der Waals surface area contributed by atoms with Crippen molar-refractivity contribution in [3.63, 3.8) is 0 Å². The molecule has 2 aliphatic heterocycles. The van der Waals surface area contributed by atoms with Crippen LogP contribution in [0, 0.1) is 0 Å². The fourth-order valence-electron chi connectivity index (χ4n) is 10.5. The van der Waals surface area contributed by atoms with Gasteiger partial charge in [-0.1, -0.05) is 150 Å². The van der Waals surface area contributed by atoms with Crippen molar-refractivity contribution in [1.82, 2.24) is 39.7 Å². The molecule has 2 fully saturated rings. The summed E-state index contributed by atoms with van der Waals surface area (Å²) in [5, 5.41) is 8.59. The summed E-state index contributed by atoms with van der Waals surface area (Å²) in [6, 6.07) is 25.6. The van der Waals surface area contributed by atoms with Crippen LogP contribution in [0.3, 0.4) is 0 Å². The number of ether oxygens (including phenoxy) is 3. The van der Waals surface area contributed by atoms with Crippen LogP contribution in [0.4, 0.5) is 10.6 Å². The van der Waals surface area contributed by atoms with Gasteiger partial charge in [-0.25, -0.2) is 24.5 Å². The van der Waals surface area contributed by atoms with Crippen molar-refractivity contribution in [2.75, 3.05) is 25.1 Å². The number of fused-ring (bicyclic) bond motifs is 4. The van der Waals surface area contributed by atoms with Gasteiger partial charge in [0.1, 0.15) is 43.5 Å². The second-order valence-corrected chi connectivity index (χ2v) is 49.5. The van der Waals surface area contributed by atoms with E-state index in [0.717, 1.165) is 22.3 Å². The molecule has 8 atom stereocenters. The molecule has 2 saturated heterocycles. The number of nitrogens with zero attached hydrogens (tertiary/aromatic N) is 6. The van der Waals surface area contributed by atoms with Crippen LogP contribution in [0.5, 0.6) is 0 Å². The van der Waals surface area contributed by atoms with E-state index in [0.29, 0.717) is 16.7 Å². The fourth-order valence-corrected chi connectivity index (χ4v) is 15.4. The molecule has 0 bridgehead atoms. The van der Waals surface area contributed by atoms with Gasteiger partial charge in [-0.15, -0.1) is 0 Å². The van der Waals surface area contributed by atoms with Crippen LogP contribution < -0.4 is 27.2 Å². The van der Waals surface area contributed by atoms with E-state index < -0.39 is 99.6 Å². The Kier molecular flexibility index (Phi) is 19.7. The molecule has 1 aliphatic carbocycles. The molecule has 492 valence electrons. The van der Waals surface area contributed by atoms with Gasteiger partial charge in [0.05, 0.1) is 25.5 Å². The van der Waals surface area contributed by atoms with E-state index in [2.05, 4.69) is 186 Å². The minimum atomic E-state index is -2.78. The molecule has 3 aliphatic rings. The van der Waals surface area contributed by atoms with Crippen LogP contribution in [0.15, 0.2) is 118 Å². The van der Waals surface area contributed by atoms with Crippen molar-refractivity contribution in [2.45, 2.75) is 211 Å². The Labute approximate surface area is 539 Å². The third kappa shape index (κ3) is 14.7. The number of carbonyl (C=O) groups is 2. The van der Waals surface area contributed by atoms with Crippen molar-refractivity contribution < 1.29 is 41.5 Å². The second-order valence-electron chi connectivity index (χ2n) is 30.4. The number of benzene rings is 3. The average molecular weight is 1320 g/mol. The average Bonchev–Trinajstić information content (AvgIpc) is 1.65. The predicted octanol–water partition coefficient (Wildman–Crippen LogP) is 12.5. The lowest BCUT2D eigenvalue weighted by Gasteiger charge is -2.44. The molecule has 2 amide bonds. The summed E-state index contributed by atoms with van der Waals surface area (Å²) in [6.07, 6.45) is -2.49. The number of hydrogen-bond acceptors (Lipinski definition) is 15. The standard InChI is InChI=1S/C66H96N10O11Si4/c1-63(2,3)88(13,14)82-38-48-50(53(86-90(17,18)65(7,8)9)58(84-48)75-35-34-49(77)71-61(75)79)72-60(74-62(80)81-37-46-44-32-26-24-30-42(44)43-31-25-27-33-45(43)46)67-36-47-52(85-89(15,16)64(4,5)6)54(87-91(19,20)66(10,11)12)59(83-47)76-40-70-51-55(68-39-69-56(51)76)73-57(78)41-28-22-21-23-29-41/h21-35,39-40,46-48,50,52-54,58-59H,36-38H2,1-20H3,(H,71,77,79)(H2,67,72,74,80)(H,68,69,73,78)/t47-,48-,50-,52-,53-,54-,58-,59-/m1/s1. The van der Waals surface area contributed by atoms with Gasteiger partial charge >= 0.3 is 11.8 Å². The fraction of sp³-hybridized carbons (Fsp3) is 0.545. The van der Waals surface area contributed by atoms with Crippen molar-refractivity contribution >= 4 is 68.2 Å². The number of carbonyl (C=O) groups excluding carboxylic acids is 2. The van der Waals surface area contributed by atoms with Gasteiger partial charge < -0.3 is 42.5 Å². The third-order valence-corrected chi connectivity index (χ3v) is 38.0. The van der Waals surface area contributed by atoms with E-state index in [1.54, 1.807) is 30.6 Å². The van der Waals surface area contributed by atoms with Crippen molar-refractivity contribution in [3.8, 4) is 11.1 Å².